The second-order valence-electron chi connectivity index (χ2n) is 7.08. The molecule has 0 aromatic carbocycles. The number of carbonyl (C=O) groups is 2. The van der Waals surface area contributed by atoms with Crippen molar-refractivity contribution in [3.05, 3.63) is 0 Å². The van der Waals surface area contributed by atoms with Crippen molar-refractivity contribution < 1.29 is 19.8 Å². The van der Waals surface area contributed by atoms with E-state index >= 15 is 0 Å². The number of rotatable bonds is 16. The van der Waals surface area contributed by atoms with Crippen molar-refractivity contribution in [1.82, 2.24) is 0 Å². The van der Waals surface area contributed by atoms with Crippen LogP contribution in [0.4, 0.5) is 0 Å². The summed E-state index contributed by atoms with van der Waals surface area (Å²) in [4.78, 5) is 22.0. The van der Waals surface area contributed by atoms with E-state index in [4.69, 9.17) is 5.11 Å². The average molecular weight is 328 g/mol. The molecular formula is C19H36O4. The molecule has 4 nitrogen and oxygen atoms in total. The maximum atomic E-state index is 11.2. The second-order valence-corrected chi connectivity index (χ2v) is 7.08. The summed E-state index contributed by atoms with van der Waals surface area (Å²) in [6.45, 7) is 3.78. The lowest BCUT2D eigenvalue weighted by Crippen LogP contribution is -2.30. The molecule has 23 heavy (non-hydrogen) atoms. The Bertz CT molecular complexity index is 327. The maximum Gasteiger partial charge on any atom is 0.309 e. The highest BCUT2D eigenvalue weighted by atomic mass is 16.4. The molecule has 136 valence electrons. The predicted octanol–water partition coefficient (Wildman–Crippen LogP) is 5.64. The summed E-state index contributed by atoms with van der Waals surface area (Å²) < 4.78 is 0. The molecule has 0 amide bonds. The molecule has 0 saturated carbocycles. The average Bonchev–Trinajstić information content (AvgIpc) is 2.47. The molecule has 0 bridgehead atoms. The summed E-state index contributed by atoms with van der Waals surface area (Å²) in [6, 6.07) is 0. The molecule has 0 fully saturated rings. The quantitative estimate of drug-likeness (QED) is 0.359. The number of hydrogen-bond donors (Lipinski definition) is 2. The van der Waals surface area contributed by atoms with E-state index in [0.717, 1.165) is 19.3 Å². The zero-order chi connectivity index (χ0) is 17.6. The van der Waals surface area contributed by atoms with Crippen LogP contribution < -0.4 is 0 Å². The van der Waals surface area contributed by atoms with Crippen molar-refractivity contribution in [2.24, 2.45) is 5.41 Å². The van der Waals surface area contributed by atoms with Gasteiger partial charge in [-0.2, -0.15) is 0 Å². The molecule has 2 N–H and O–H groups in total. The van der Waals surface area contributed by atoms with Gasteiger partial charge in [-0.05, 0) is 13.3 Å². The molecule has 0 spiro atoms. The number of hydrogen-bond acceptors (Lipinski definition) is 2. The molecule has 0 aromatic rings. The summed E-state index contributed by atoms with van der Waals surface area (Å²) in [5, 5.41) is 18.0. The lowest BCUT2D eigenvalue weighted by Gasteiger charge is -2.22. The summed E-state index contributed by atoms with van der Waals surface area (Å²) in [5.41, 5.74) is -1.12. The van der Waals surface area contributed by atoms with E-state index in [0.29, 0.717) is 6.42 Å². The molecule has 0 aliphatic heterocycles. The van der Waals surface area contributed by atoms with Crippen molar-refractivity contribution >= 4 is 11.9 Å². The van der Waals surface area contributed by atoms with Crippen LogP contribution in [0.15, 0.2) is 0 Å². The van der Waals surface area contributed by atoms with Crippen LogP contribution in [0.3, 0.4) is 0 Å². The van der Waals surface area contributed by atoms with Crippen LogP contribution >= 0.6 is 0 Å². The van der Waals surface area contributed by atoms with Crippen molar-refractivity contribution in [2.75, 3.05) is 0 Å². The van der Waals surface area contributed by atoms with Gasteiger partial charge in [0.2, 0.25) is 0 Å². The molecule has 1 atom stereocenters. The third-order valence-electron chi connectivity index (χ3n) is 4.64. The standard InChI is InChI=1S/C19H36O4/c1-3-4-5-6-7-8-9-10-11-12-13-14-15-19(2,18(22)23)16-17(20)21/h3-16H2,1-2H3,(H,20,21)(H,22,23). The Hall–Kier alpha value is -1.06. The molecular weight excluding hydrogens is 292 g/mol. The van der Waals surface area contributed by atoms with E-state index in [1.54, 1.807) is 6.92 Å². The zero-order valence-electron chi connectivity index (χ0n) is 15.1. The molecule has 0 rings (SSSR count). The van der Waals surface area contributed by atoms with Gasteiger partial charge >= 0.3 is 11.9 Å². The lowest BCUT2D eigenvalue weighted by molar-refractivity contribution is -0.155. The van der Waals surface area contributed by atoms with Gasteiger partial charge < -0.3 is 10.2 Å². The first-order valence-electron chi connectivity index (χ1n) is 9.37. The van der Waals surface area contributed by atoms with Crippen LogP contribution in [0, 0.1) is 5.41 Å². The van der Waals surface area contributed by atoms with Gasteiger partial charge in [0.05, 0.1) is 11.8 Å². The summed E-state index contributed by atoms with van der Waals surface area (Å²) in [5.74, 6) is -2.03. The first-order valence-corrected chi connectivity index (χ1v) is 9.37. The third-order valence-corrected chi connectivity index (χ3v) is 4.64. The van der Waals surface area contributed by atoms with E-state index in [1.807, 2.05) is 0 Å². The Balaban J connectivity index is 3.54. The number of carboxylic acids is 2. The smallest absolute Gasteiger partial charge is 0.309 e. The van der Waals surface area contributed by atoms with Gasteiger partial charge in [0.25, 0.3) is 0 Å². The van der Waals surface area contributed by atoms with Crippen molar-refractivity contribution in [1.29, 1.82) is 0 Å². The van der Waals surface area contributed by atoms with Crippen LogP contribution in [-0.4, -0.2) is 22.2 Å². The monoisotopic (exact) mass is 328 g/mol. The SMILES string of the molecule is CCCCCCCCCCCCCCC(C)(CC(=O)O)C(=O)O. The fourth-order valence-electron chi connectivity index (χ4n) is 2.96. The van der Waals surface area contributed by atoms with Crippen LogP contribution in [0.1, 0.15) is 104 Å². The van der Waals surface area contributed by atoms with Gasteiger partial charge in [-0.25, -0.2) is 0 Å². The largest absolute Gasteiger partial charge is 0.481 e. The van der Waals surface area contributed by atoms with E-state index in [9.17, 15) is 14.7 Å². The fourth-order valence-corrected chi connectivity index (χ4v) is 2.96. The van der Waals surface area contributed by atoms with Crippen LogP contribution in [0.25, 0.3) is 0 Å². The molecule has 0 aromatic heterocycles. The summed E-state index contributed by atoms with van der Waals surface area (Å²) in [7, 11) is 0. The van der Waals surface area contributed by atoms with E-state index in [2.05, 4.69) is 6.92 Å². The molecule has 1 unspecified atom stereocenters. The van der Waals surface area contributed by atoms with Gasteiger partial charge in [0.15, 0.2) is 0 Å². The van der Waals surface area contributed by atoms with Crippen LogP contribution in [0.5, 0.6) is 0 Å². The van der Waals surface area contributed by atoms with Gasteiger partial charge in [-0.3, -0.25) is 9.59 Å². The van der Waals surface area contributed by atoms with Gasteiger partial charge in [-0.15, -0.1) is 0 Å². The normalized spacial score (nSPS) is 13.7. The Kier molecular flexibility index (Phi) is 12.8. The van der Waals surface area contributed by atoms with Gasteiger partial charge in [0.1, 0.15) is 0 Å². The molecule has 0 aliphatic rings. The van der Waals surface area contributed by atoms with E-state index < -0.39 is 17.4 Å². The number of unbranched alkanes of at least 4 members (excludes halogenated alkanes) is 11. The minimum absolute atomic E-state index is 0.291. The fraction of sp³-hybridized carbons (Fsp3) is 0.895. The summed E-state index contributed by atoms with van der Waals surface area (Å²) >= 11 is 0. The summed E-state index contributed by atoms with van der Waals surface area (Å²) in [6.07, 6.45) is 14.9. The van der Waals surface area contributed by atoms with Crippen LogP contribution in [0.2, 0.25) is 0 Å². The lowest BCUT2D eigenvalue weighted by atomic mass is 9.81. The molecule has 0 heterocycles. The molecule has 0 aliphatic carbocycles. The maximum absolute atomic E-state index is 11.2. The number of aliphatic carboxylic acids is 2. The van der Waals surface area contributed by atoms with Gasteiger partial charge in [0, 0.05) is 0 Å². The predicted molar refractivity (Wildman–Crippen MR) is 93.7 cm³/mol. The highest BCUT2D eigenvalue weighted by Gasteiger charge is 2.34. The Morgan fingerprint density at radius 2 is 1.13 bits per heavy atom. The van der Waals surface area contributed by atoms with Crippen molar-refractivity contribution in [3.63, 3.8) is 0 Å². The highest BCUT2D eigenvalue weighted by Crippen LogP contribution is 2.29. The molecule has 0 radical (unpaired) electrons. The van der Waals surface area contributed by atoms with Gasteiger partial charge in [-0.1, -0.05) is 84.0 Å². The second kappa shape index (κ2) is 13.4. The molecule has 0 saturated heterocycles. The van der Waals surface area contributed by atoms with Crippen LogP contribution in [-0.2, 0) is 9.59 Å². The number of carboxylic acid groups (broad SMARTS) is 2. The Morgan fingerprint density at radius 3 is 1.48 bits per heavy atom. The van der Waals surface area contributed by atoms with E-state index in [1.165, 1.54) is 57.8 Å². The Morgan fingerprint density at radius 1 is 0.739 bits per heavy atom. The molecule has 4 heteroatoms. The Labute approximate surface area is 141 Å². The van der Waals surface area contributed by atoms with E-state index in [-0.39, 0.29) is 6.42 Å². The minimum atomic E-state index is -1.12. The first kappa shape index (κ1) is 21.9. The topological polar surface area (TPSA) is 74.6 Å². The first-order chi connectivity index (χ1) is 10.9. The van der Waals surface area contributed by atoms with Crippen molar-refractivity contribution in [3.8, 4) is 0 Å². The van der Waals surface area contributed by atoms with Crippen molar-refractivity contribution in [2.45, 2.75) is 104 Å². The third kappa shape index (κ3) is 12.1. The minimum Gasteiger partial charge on any atom is -0.481 e. The zero-order valence-corrected chi connectivity index (χ0v) is 15.1. The highest BCUT2D eigenvalue weighted by molar-refractivity contribution is 5.80.